The number of fused-ring (bicyclic) bond motifs is 3. The Morgan fingerprint density at radius 2 is 2.06 bits per heavy atom. The van der Waals surface area contributed by atoms with Gasteiger partial charge in [-0.05, 0) is 30.9 Å². The summed E-state index contributed by atoms with van der Waals surface area (Å²) in [5.74, 6) is 0.670. The number of carbonyl (C=O) groups excluding carboxylic acids is 1. The van der Waals surface area contributed by atoms with Crippen molar-refractivity contribution < 1.29 is 4.79 Å². The molecule has 0 radical (unpaired) electrons. The maximum absolute atomic E-state index is 12.4. The highest BCUT2D eigenvalue weighted by molar-refractivity contribution is 9.10. The predicted molar refractivity (Wildman–Crippen MR) is 136 cm³/mol. The largest absolute Gasteiger partial charge is 0.337 e. The van der Waals surface area contributed by atoms with Crippen LogP contribution in [0.25, 0.3) is 22.0 Å². The van der Waals surface area contributed by atoms with Crippen molar-refractivity contribution in [2.24, 2.45) is 0 Å². The van der Waals surface area contributed by atoms with E-state index in [1.54, 1.807) is 11.3 Å². The molecule has 5 rings (SSSR count). The van der Waals surface area contributed by atoms with Gasteiger partial charge >= 0.3 is 6.03 Å². The van der Waals surface area contributed by atoms with E-state index in [0.717, 1.165) is 61.8 Å². The van der Waals surface area contributed by atoms with E-state index in [1.165, 1.54) is 11.3 Å². The van der Waals surface area contributed by atoms with Crippen LogP contribution in [0, 0.1) is 0 Å². The van der Waals surface area contributed by atoms with Gasteiger partial charge in [0, 0.05) is 34.6 Å². The Bertz CT molecular complexity index is 1320. The number of carbonyl (C=O) groups is 1. The number of hydrogen-bond acceptors (Lipinski definition) is 7. The molecule has 3 heterocycles. The Balaban J connectivity index is 1.28. The molecule has 0 atom stereocenters. The first-order valence-corrected chi connectivity index (χ1v) is 13.2. The normalized spacial score (nSPS) is 12.2. The highest BCUT2D eigenvalue weighted by atomic mass is 79.9. The molecule has 0 saturated carbocycles. The molecule has 3 aromatic heterocycles. The van der Waals surface area contributed by atoms with Crippen LogP contribution in [-0.2, 0) is 25.7 Å². The number of nitrogens with one attached hydrogen (secondary N) is 2. The monoisotopic (exact) mass is 540 g/mol. The summed E-state index contributed by atoms with van der Waals surface area (Å²) in [6.45, 7) is 2.61. The molecular weight excluding hydrogens is 520 g/mol. The van der Waals surface area contributed by atoms with Crippen LogP contribution < -0.4 is 10.6 Å². The quantitative estimate of drug-likeness (QED) is 0.336. The van der Waals surface area contributed by atoms with Gasteiger partial charge in [0.15, 0.2) is 11.0 Å². The lowest BCUT2D eigenvalue weighted by atomic mass is 9.99. The average Bonchev–Trinajstić information content (AvgIpc) is 3.45. The van der Waals surface area contributed by atoms with Crippen LogP contribution in [0.15, 0.2) is 40.3 Å². The molecule has 1 aliphatic rings. The summed E-state index contributed by atoms with van der Waals surface area (Å²) in [6.07, 6.45) is 5.19. The highest BCUT2D eigenvalue weighted by Gasteiger charge is 2.24. The number of aromatic nitrogens is 4. The highest BCUT2D eigenvalue weighted by Crippen LogP contribution is 2.39. The lowest BCUT2D eigenvalue weighted by Crippen LogP contribution is -2.30. The van der Waals surface area contributed by atoms with Crippen molar-refractivity contribution in [2.45, 2.75) is 32.6 Å². The lowest BCUT2D eigenvalue weighted by molar-refractivity contribution is 0.252. The molecule has 0 bridgehead atoms. The van der Waals surface area contributed by atoms with E-state index < -0.39 is 0 Å². The molecule has 2 amide bonds. The Hall–Kier alpha value is -2.69. The number of anilines is 1. The molecule has 1 aromatic carbocycles. The van der Waals surface area contributed by atoms with Gasteiger partial charge in [0.25, 0.3) is 0 Å². The second-order valence-corrected chi connectivity index (χ2v) is 10.4. The number of hydrogen-bond donors (Lipinski definition) is 2. The summed E-state index contributed by atoms with van der Waals surface area (Å²) in [7, 11) is 0. The zero-order valence-electron chi connectivity index (χ0n) is 17.9. The van der Waals surface area contributed by atoms with E-state index in [4.69, 9.17) is 4.98 Å². The number of aryl methyl sites for hydroxylation is 3. The third-order valence-electron chi connectivity index (χ3n) is 5.33. The summed E-state index contributed by atoms with van der Waals surface area (Å²) in [4.78, 5) is 32.0. The van der Waals surface area contributed by atoms with Crippen molar-refractivity contribution in [3.63, 3.8) is 0 Å². The summed E-state index contributed by atoms with van der Waals surface area (Å²) >= 11 is 6.67. The topological polar surface area (TPSA) is 92.7 Å². The van der Waals surface area contributed by atoms with Gasteiger partial charge in [0.2, 0.25) is 0 Å². The summed E-state index contributed by atoms with van der Waals surface area (Å²) in [5.41, 5.74) is 5.02. The summed E-state index contributed by atoms with van der Waals surface area (Å²) < 4.78 is 0.952. The molecule has 168 valence electrons. The standard InChI is InChI=1S/C23H21BrN6OS2/c1-2-14-12-32-18(27-14)9-10-25-22(31)30-23-28-17-8-7-13-11-26-21(29-19(13)20(17)33-23)15-5-3-4-6-16(15)24/h3-6,11-12H,2,7-10H2,1H3,(H2,25,28,30,31). The van der Waals surface area contributed by atoms with Gasteiger partial charge < -0.3 is 5.32 Å². The van der Waals surface area contributed by atoms with Gasteiger partial charge in [-0.25, -0.2) is 24.7 Å². The van der Waals surface area contributed by atoms with Crippen molar-refractivity contribution in [3.8, 4) is 22.0 Å². The average molecular weight is 542 g/mol. The number of benzene rings is 1. The van der Waals surface area contributed by atoms with E-state index >= 15 is 0 Å². The third-order valence-corrected chi connectivity index (χ3v) is 8.00. The minimum Gasteiger partial charge on any atom is -0.337 e. The molecule has 0 spiro atoms. The Kier molecular flexibility index (Phi) is 6.48. The fraction of sp³-hybridized carbons (Fsp3) is 0.261. The van der Waals surface area contributed by atoms with Crippen molar-refractivity contribution in [1.29, 1.82) is 0 Å². The van der Waals surface area contributed by atoms with Crippen LogP contribution in [0.3, 0.4) is 0 Å². The molecule has 2 N–H and O–H groups in total. The van der Waals surface area contributed by atoms with Crippen molar-refractivity contribution in [2.75, 3.05) is 11.9 Å². The zero-order chi connectivity index (χ0) is 22.8. The van der Waals surface area contributed by atoms with Crippen molar-refractivity contribution >= 4 is 49.8 Å². The van der Waals surface area contributed by atoms with Crippen molar-refractivity contribution in [3.05, 3.63) is 62.3 Å². The fourth-order valence-corrected chi connectivity index (χ4v) is 6.00. The van der Waals surface area contributed by atoms with Gasteiger partial charge in [-0.3, -0.25) is 5.32 Å². The number of nitrogens with zero attached hydrogens (tertiary/aromatic N) is 4. The smallest absolute Gasteiger partial charge is 0.321 e. The summed E-state index contributed by atoms with van der Waals surface area (Å²) in [6, 6.07) is 7.65. The maximum Gasteiger partial charge on any atom is 0.321 e. The molecule has 1 aliphatic carbocycles. The fourth-order valence-electron chi connectivity index (χ4n) is 3.62. The number of amides is 2. The minimum atomic E-state index is -0.259. The molecular formula is C23H21BrN6OS2. The molecule has 0 unspecified atom stereocenters. The Labute approximate surface area is 207 Å². The van der Waals surface area contributed by atoms with Crippen LogP contribution in [-0.4, -0.2) is 32.5 Å². The van der Waals surface area contributed by atoms with Crippen LogP contribution in [0.5, 0.6) is 0 Å². The maximum atomic E-state index is 12.4. The van der Waals surface area contributed by atoms with Gasteiger partial charge in [0.1, 0.15) is 0 Å². The van der Waals surface area contributed by atoms with E-state index in [0.29, 0.717) is 23.9 Å². The molecule has 33 heavy (non-hydrogen) atoms. The molecule has 10 heteroatoms. The van der Waals surface area contributed by atoms with Gasteiger partial charge in [0.05, 0.1) is 27.0 Å². The molecule has 4 aromatic rings. The zero-order valence-corrected chi connectivity index (χ0v) is 21.1. The van der Waals surface area contributed by atoms with E-state index in [-0.39, 0.29) is 6.03 Å². The summed E-state index contributed by atoms with van der Waals surface area (Å²) in [5, 5.41) is 9.46. The lowest BCUT2D eigenvalue weighted by Gasteiger charge is -2.14. The third kappa shape index (κ3) is 4.83. The van der Waals surface area contributed by atoms with Crippen LogP contribution in [0.1, 0.15) is 28.9 Å². The number of halogens is 1. The molecule has 0 saturated heterocycles. The molecule has 0 aliphatic heterocycles. The second-order valence-electron chi connectivity index (χ2n) is 7.56. The number of rotatable bonds is 6. The number of urea groups is 1. The number of thiazole rings is 2. The second kappa shape index (κ2) is 9.66. The first-order valence-electron chi connectivity index (χ1n) is 10.7. The Morgan fingerprint density at radius 1 is 1.18 bits per heavy atom. The van der Waals surface area contributed by atoms with Crippen molar-refractivity contribution in [1.82, 2.24) is 25.3 Å². The van der Waals surface area contributed by atoms with Gasteiger partial charge in [-0.15, -0.1) is 11.3 Å². The SMILES string of the molecule is CCc1csc(CCNC(=O)Nc2nc3c(s2)-c2nc(-c4ccccc4Br)ncc2CC3)n1. The molecule has 7 nitrogen and oxygen atoms in total. The van der Waals surface area contributed by atoms with E-state index in [2.05, 4.69) is 53.8 Å². The van der Waals surface area contributed by atoms with Crippen LogP contribution in [0.2, 0.25) is 0 Å². The first-order chi connectivity index (χ1) is 16.1. The van der Waals surface area contributed by atoms with E-state index in [1.807, 2.05) is 30.5 Å². The first kappa shape index (κ1) is 22.1. The van der Waals surface area contributed by atoms with E-state index in [9.17, 15) is 4.79 Å². The van der Waals surface area contributed by atoms with Gasteiger partial charge in [-0.2, -0.15) is 0 Å². The molecule has 0 fully saturated rings. The minimum absolute atomic E-state index is 0.259. The van der Waals surface area contributed by atoms with Gasteiger partial charge in [-0.1, -0.05) is 52.4 Å². The van der Waals surface area contributed by atoms with Crippen LogP contribution >= 0.6 is 38.6 Å². The predicted octanol–water partition coefficient (Wildman–Crippen LogP) is 5.51. The van der Waals surface area contributed by atoms with Crippen LogP contribution in [0.4, 0.5) is 9.93 Å². The Morgan fingerprint density at radius 3 is 2.88 bits per heavy atom.